The molecule has 10 heteroatoms. The topological polar surface area (TPSA) is 87.7 Å². The van der Waals surface area contributed by atoms with Crippen molar-refractivity contribution in [3.63, 3.8) is 0 Å². The maximum atomic E-state index is 13.3. The van der Waals surface area contributed by atoms with Crippen LogP contribution in [-0.2, 0) is 40.3 Å². The van der Waals surface area contributed by atoms with E-state index in [-0.39, 0.29) is 18.2 Å². The minimum absolute atomic E-state index is 0.144. The number of hydrogen-bond donors (Lipinski definition) is 2. The third kappa shape index (κ3) is 8.06. The van der Waals surface area contributed by atoms with Crippen LogP contribution in [-0.4, -0.2) is 41.6 Å². The molecular formula is C33H32ClN3O4S2. The molecular weight excluding hydrogens is 602 g/mol. The van der Waals surface area contributed by atoms with E-state index in [4.69, 9.17) is 16.3 Å². The van der Waals surface area contributed by atoms with Crippen molar-refractivity contribution in [3.05, 3.63) is 111 Å². The number of nitrogens with one attached hydrogen (secondary N) is 2. The van der Waals surface area contributed by atoms with E-state index in [1.54, 1.807) is 12.1 Å². The standard InChI is InChI=1S/C33H32ClN3O4S2/c1-21(42-26-10-6-9-25(18-26)35-29(38)17-22-11-13-24(34)14-12-22)31(39)36-32-30(33(40)41-2)27-15-16-37(20-28(27)43-32)19-23-7-4-3-5-8-23/h3-14,18,21H,15-17,19-20H2,1-2H3,(H,35,38)(H,36,39). The number of thiophene rings is 1. The van der Waals surface area contributed by atoms with Gasteiger partial charge >= 0.3 is 5.97 Å². The summed E-state index contributed by atoms with van der Waals surface area (Å²) >= 11 is 8.75. The summed E-state index contributed by atoms with van der Waals surface area (Å²) in [5.41, 5.74) is 4.16. The van der Waals surface area contributed by atoms with Gasteiger partial charge in [0, 0.05) is 40.1 Å². The minimum atomic E-state index is -0.459. The number of benzene rings is 3. The Labute approximate surface area is 264 Å². The van der Waals surface area contributed by atoms with Gasteiger partial charge in [0.05, 0.1) is 24.3 Å². The average Bonchev–Trinajstić information content (AvgIpc) is 3.35. The molecule has 1 aliphatic heterocycles. The highest BCUT2D eigenvalue weighted by molar-refractivity contribution is 8.00. The molecule has 1 atom stereocenters. The second-order valence-corrected chi connectivity index (χ2v) is 13.2. The molecule has 5 rings (SSSR count). The van der Waals surface area contributed by atoms with Crippen molar-refractivity contribution < 1.29 is 19.1 Å². The van der Waals surface area contributed by atoms with Gasteiger partial charge in [-0.05, 0) is 60.4 Å². The zero-order valence-electron chi connectivity index (χ0n) is 23.9. The highest BCUT2D eigenvalue weighted by Crippen LogP contribution is 2.38. The second kappa shape index (κ2) is 14.2. The zero-order chi connectivity index (χ0) is 30.3. The van der Waals surface area contributed by atoms with Crippen LogP contribution >= 0.6 is 34.7 Å². The molecule has 0 bridgehead atoms. The number of halogens is 1. The van der Waals surface area contributed by atoms with Crippen LogP contribution in [0.1, 0.15) is 38.8 Å². The van der Waals surface area contributed by atoms with Crippen molar-refractivity contribution in [1.29, 1.82) is 0 Å². The highest BCUT2D eigenvalue weighted by atomic mass is 35.5. The quantitative estimate of drug-likeness (QED) is 0.144. The Morgan fingerprint density at radius 1 is 1.00 bits per heavy atom. The monoisotopic (exact) mass is 633 g/mol. The highest BCUT2D eigenvalue weighted by Gasteiger charge is 2.30. The fourth-order valence-corrected chi connectivity index (χ4v) is 7.28. The Morgan fingerprint density at radius 2 is 1.77 bits per heavy atom. The largest absolute Gasteiger partial charge is 0.465 e. The van der Waals surface area contributed by atoms with Crippen molar-refractivity contribution in [2.45, 2.75) is 43.0 Å². The third-order valence-corrected chi connectivity index (χ3v) is 9.57. The predicted molar refractivity (Wildman–Crippen MR) is 174 cm³/mol. The van der Waals surface area contributed by atoms with E-state index in [0.29, 0.717) is 34.2 Å². The van der Waals surface area contributed by atoms with E-state index in [1.807, 2.05) is 61.5 Å². The molecule has 2 amide bonds. The number of anilines is 2. The predicted octanol–water partition coefficient (Wildman–Crippen LogP) is 7.05. The molecule has 7 nitrogen and oxygen atoms in total. The third-order valence-electron chi connectivity index (χ3n) is 7.09. The van der Waals surface area contributed by atoms with Gasteiger partial charge in [-0.1, -0.05) is 60.1 Å². The summed E-state index contributed by atoms with van der Waals surface area (Å²) in [6.45, 7) is 4.16. The Kier molecular flexibility index (Phi) is 10.2. The Balaban J connectivity index is 1.23. The van der Waals surface area contributed by atoms with Crippen LogP contribution in [0.5, 0.6) is 0 Å². The van der Waals surface area contributed by atoms with E-state index in [2.05, 4.69) is 27.7 Å². The number of amides is 2. The van der Waals surface area contributed by atoms with E-state index in [1.165, 1.54) is 35.8 Å². The summed E-state index contributed by atoms with van der Waals surface area (Å²) < 4.78 is 5.11. The first-order valence-corrected chi connectivity index (χ1v) is 16.0. The Bertz CT molecular complexity index is 1610. The van der Waals surface area contributed by atoms with E-state index >= 15 is 0 Å². The molecule has 4 aromatic rings. The first-order chi connectivity index (χ1) is 20.8. The second-order valence-electron chi connectivity index (χ2n) is 10.3. The molecule has 3 aromatic carbocycles. The molecule has 2 N–H and O–H groups in total. The lowest BCUT2D eigenvalue weighted by atomic mass is 10.0. The number of carbonyl (C=O) groups excluding carboxylic acids is 3. The van der Waals surface area contributed by atoms with Crippen molar-refractivity contribution in [2.24, 2.45) is 0 Å². The van der Waals surface area contributed by atoms with Crippen LogP contribution in [0.25, 0.3) is 0 Å². The molecule has 2 heterocycles. The van der Waals surface area contributed by atoms with Crippen LogP contribution in [0.3, 0.4) is 0 Å². The lowest BCUT2D eigenvalue weighted by Crippen LogP contribution is -2.29. The van der Waals surface area contributed by atoms with E-state index in [9.17, 15) is 14.4 Å². The molecule has 0 aliphatic carbocycles. The summed E-state index contributed by atoms with van der Waals surface area (Å²) in [6.07, 6.45) is 0.935. The van der Waals surface area contributed by atoms with Gasteiger partial charge in [0.2, 0.25) is 11.8 Å². The molecule has 1 aromatic heterocycles. The Morgan fingerprint density at radius 3 is 2.51 bits per heavy atom. The van der Waals surface area contributed by atoms with Gasteiger partial charge in [-0.15, -0.1) is 23.1 Å². The van der Waals surface area contributed by atoms with Crippen molar-refractivity contribution in [1.82, 2.24) is 4.90 Å². The normalized spacial score (nSPS) is 13.6. The fourth-order valence-electron chi connectivity index (χ4n) is 4.95. The average molecular weight is 634 g/mol. The lowest BCUT2D eigenvalue weighted by molar-refractivity contribution is -0.116. The number of rotatable bonds is 10. The number of methoxy groups -OCH3 is 1. The molecule has 0 saturated carbocycles. The summed E-state index contributed by atoms with van der Waals surface area (Å²) in [5, 5.41) is 6.62. The first kappa shape index (κ1) is 30.8. The van der Waals surface area contributed by atoms with Gasteiger partial charge in [-0.25, -0.2) is 4.79 Å². The number of ether oxygens (including phenoxy) is 1. The maximum absolute atomic E-state index is 13.3. The molecule has 43 heavy (non-hydrogen) atoms. The van der Waals surface area contributed by atoms with E-state index < -0.39 is 11.2 Å². The SMILES string of the molecule is COC(=O)c1c(NC(=O)C(C)Sc2cccc(NC(=O)Cc3ccc(Cl)cc3)c2)sc2c1CCN(Cc1ccccc1)C2. The van der Waals surface area contributed by atoms with Gasteiger partial charge < -0.3 is 15.4 Å². The van der Waals surface area contributed by atoms with Crippen LogP contribution in [0, 0.1) is 0 Å². The van der Waals surface area contributed by atoms with Gasteiger partial charge in [-0.2, -0.15) is 0 Å². The first-order valence-electron chi connectivity index (χ1n) is 13.9. The molecule has 1 unspecified atom stereocenters. The summed E-state index contributed by atoms with van der Waals surface area (Å²) in [6, 6.07) is 24.9. The number of thioether (sulfide) groups is 1. The van der Waals surface area contributed by atoms with Gasteiger partial charge in [0.1, 0.15) is 5.00 Å². The number of esters is 1. The van der Waals surface area contributed by atoms with Crippen LogP contribution < -0.4 is 10.6 Å². The molecule has 0 saturated heterocycles. The molecule has 222 valence electrons. The van der Waals surface area contributed by atoms with Crippen molar-refractivity contribution >= 4 is 63.2 Å². The molecule has 0 radical (unpaired) electrons. The van der Waals surface area contributed by atoms with Gasteiger partial charge in [0.25, 0.3) is 0 Å². The summed E-state index contributed by atoms with van der Waals surface area (Å²) in [5.74, 6) is -0.798. The maximum Gasteiger partial charge on any atom is 0.341 e. The van der Waals surface area contributed by atoms with Crippen LogP contribution in [0.4, 0.5) is 10.7 Å². The number of fused-ring (bicyclic) bond motifs is 1. The van der Waals surface area contributed by atoms with Crippen LogP contribution in [0.15, 0.2) is 83.8 Å². The van der Waals surface area contributed by atoms with Crippen LogP contribution in [0.2, 0.25) is 5.02 Å². The summed E-state index contributed by atoms with van der Waals surface area (Å²) in [4.78, 5) is 43.0. The number of carbonyl (C=O) groups is 3. The summed E-state index contributed by atoms with van der Waals surface area (Å²) in [7, 11) is 1.36. The molecule has 0 fully saturated rings. The van der Waals surface area contributed by atoms with E-state index in [0.717, 1.165) is 34.0 Å². The zero-order valence-corrected chi connectivity index (χ0v) is 26.3. The Hall–Kier alpha value is -3.63. The fraction of sp³-hybridized carbons (Fsp3) is 0.242. The van der Waals surface area contributed by atoms with Crippen molar-refractivity contribution in [3.8, 4) is 0 Å². The van der Waals surface area contributed by atoms with Gasteiger partial charge in [-0.3, -0.25) is 14.5 Å². The molecule has 0 spiro atoms. The van der Waals surface area contributed by atoms with Crippen molar-refractivity contribution in [2.75, 3.05) is 24.3 Å². The smallest absolute Gasteiger partial charge is 0.341 e. The number of nitrogens with zero attached hydrogens (tertiary/aromatic N) is 1. The van der Waals surface area contributed by atoms with Gasteiger partial charge in [0.15, 0.2) is 0 Å². The number of hydrogen-bond acceptors (Lipinski definition) is 7. The lowest BCUT2D eigenvalue weighted by Gasteiger charge is -2.27. The minimum Gasteiger partial charge on any atom is -0.465 e. The molecule has 1 aliphatic rings.